The molecule has 0 saturated heterocycles. The SMILES string of the molecule is CNN(C)Cc1cc2ccccc2n1CCC(=O)NCCCCCNC(=O)O. The van der Waals surface area contributed by atoms with Crippen LogP contribution in [0.2, 0.25) is 0 Å². The predicted octanol–water partition coefficient (Wildman–Crippen LogP) is 2.15. The predicted molar refractivity (Wildman–Crippen MR) is 110 cm³/mol. The summed E-state index contributed by atoms with van der Waals surface area (Å²) in [6, 6.07) is 10.4. The van der Waals surface area contributed by atoms with Crippen molar-refractivity contribution in [1.29, 1.82) is 0 Å². The van der Waals surface area contributed by atoms with Crippen LogP contribution in [0.1, 0.15) is 31.4 Å². The normalized spacial score (nSPS) is 11.1. The van der Waals surface area contributed by atoms with Gasteiger partial charge in [-0.2, -0.15) is 0 Å². The number of hydrazine groups is 1. The molecule has 0 bridgehead atoms. The van der Waals surface area contributed by atoms with E-state index in [9.17, 15) is 9.59 Å². The maximum Gasteiger partial charge on any atom is 0.404 e. The number of rotatable bonds is 12. The molecule has 0 radical (unpaired) electrons. The van der Waals surface area contributed by atoms with Crippen LogP contribution in [-0.2, 0) is 17.9 Å². The lowest BCUT2D eigenvalue weighted by Crippen LogP contribution is -2.31. The summed E-state index contributed by atoms with van der Waals surface area (Å²) >= 11 is 0. The van der Waals surface area contributed by atoms with E-state index in [1.54, 1.807) is 0 Å². The van der Waals surface area contributed by atoms with Crippen LogP contribution >= 0.6 is 0 Å². The van der Waals surface area contributed by atoms with Crippen LogP contribution in [0.3, 0.4) is 0 Å². The van der Waals surface area contributed by atoms with Crippen molar-refractivity contribution < 1.29 is 14.7 Å². The van der Waals surface area contributed by atoms with E-state index in [1.807, 2.05) is 31.2 Å². The Morgan fingerprint density at radius 3 is 2.54 bits per heavy atom. The molecule has 0 unspecified atom stereocenters. The first-order chi connectivity index (χ1) is 13.5. The van der Waals surface area contributed by atoms with Crippen LogP contribution in [0, 0.1) is 0 Å². The summed E-state index contributed by atoms with van der Waals surface area (Å²) in [4.78, 5) is 22.6. The molecule has 1 aromatic carbocycles. The van der Waals surface area contributed by atoms with Gasteiger partial charge in [0.25, 0.3) is 0 Å². The Morgan fingerprint density at radius 1 is 1.11 bits per heavy atom. The number of nitrogens with one attached hydrogen (secondary N) is 3. The maximum absolute atomic E-state index is 12.2. The van der Waals surface area contributed by atoms with Crippen molar-refractivity contribution in [3.05, 3.63) is 36.0 Å². The molecule has 2 aromatic rings. The van der Waals surface area contributed by atoms with E-state index in [-0.39, 0.29) is 5.91 Å². The molecule has 0 aliphatic rings. The Bertz CT molecular complexity index is 774. The Kier molecular flexibility index (Phi) is 8.77. The van der Waals surface area contributed by atoms with Gasteiger partial charge < -0.3 is 20.3 Å². The molecule has 0 aliphatic heterocycles. The first-order valence-electron chi connectivity index (χ1n) is 9.70. The van der Waals surface area contributed by atoms with Crippen molar-refractivity contribution in [2.75, 3.05) is 27.2 Å². The van der Waals surface area contributed by atoms with Crippen molar-refractivity contribution in [2.45, 2.75) is 38.8 Å². The third kappa shape index (κ3) is 6.86. The Labute approximate surface area is 165 Å². The molecule has 0 saturated carbocycles. The molecular weight excluding hydrogens is 358 g/mol. The van der Waals surface area contributed by atoms with Gasteiger partial charge in [-0.15, -0.1) is 0 Å². The van der Waals surface area contributed by atoms with Crippen LogP contribution in [0.4, 0.5) is 4.79 Å². The highest BCUT2D eigenvalue weighted by atomic mass is 16.4. The molecule has 8 heteroatoms. The van der Waals surface area contributed by atoms with Crippen LogP contribution < -0.4 is 16.1 Å². The number of carbonyl (C=O) groups is 2. The van der Waals surface area contributed by atoms with Crippen molar-refractivity contribution in [1.82, 2.24) is 25.6 Å². The van der Waals surface area contributed by atoms with Gasteiger partial charge >= 0.3 is 6.09 Å². The largest absolute Gasteiger partial charge is 0.465 e. The number of fused-ring (bicyclic) bond motifs is 1. The van der Waals surface area contributed by atoms with E-state index in [4.69, 9.17) is 5.11 Å². The molecule has 28 heavy (non-hydrogen) atoms. The number of amides is 2. The summed E-state index contributed by atoms with van der Waals surface area (Å²) in [5, 5.41) is 17.0. The van der Waals surface area contributed by atoms with Crippen LogP contribution in [0.5, 0.6) is 0 Å². The third-order valence-corrected chi connectivity index (χ3v) is 4.69. The number of hydrogen-bond donors (Lipinski definition) is 4. The average molecular weight is 390 g/mol. The average Bonchev–Trinajstić information content (AvgIpc) is 3.02. The molecule has 1 heterocycles. The molecule has 2 amide bonds. The fourth-order valence-electron chi connectivity index (χ4n) is 3.14. The van der Waals surface area contributed by atoms with Crippen molar-refractivity contribution in [3.8, 4) is 0 Å². The van der Waals surface area contributed by atoms with E-state index in [2.05, 4.69) is 38.8 Å². The Balaban J connectivity index is 1.81. The summed E-state index contributed by atoms with van der Waals surface area (Å²) in [7, 11) is 3.87. The first-order valence-corrected chi connectivity index (χ1v) is 9.70. The van der Waals surface area contributed by atoms with Crippen molar-refractivity contribution >= 4 is 22.9 Å². The highest BCUT2D eigenvalue weighted by Crippen LogP contribution is 2.21. The molecule has 0 atom stereocenters. The van der Waals surface area contributed by atoms with E-state index >= 15 is 0 Å². The van der Waals surface area contributed by atoms with E-state index in [1.165, 1.54) is 5.39 Å². The fourth-order valence-corrected chi connectivity index (χ4v) is 3.14. The molecule has 4 N–H and O–H groups in total. The second-order valence-corrected chi connectivity index (χ2v) is 6.82. The summed E-state index contributed by atoms with van der Waals surface area (Å²) in [6.45, 7) is 2.45. The summed E-state index contributed by atoms with van der Waals surface area (Å²) in [5.74, 6) is 0.0364. The minimum absolute atomic E-state index is 0.0364. The zero-order chi connectivity index (χ0) is 20.4. The number of nitrogens with zero attached hydrogens (tertiary/aromatic N) is 2. The van der Waals surface area contributed by atoms with Gasteiger partial charge in [-0.25, -0.2) is 9.80 Å². The van der Waals surface area contributed by atoms with Crippen LogP contribution in [0.15, 0.2) is 30.3 Å². The minimum atomic E-state index is -0.994. The number of benzene rings is 1. The number of unbranched alkanes of at least 4 members (excludes halogenated alkanes) is 2. The summed E-state index contributed by atoms with van der Waals surface area (Å²) < 4.78 is 2.21. The Morgan fingerprint density at radius 2 is 1.82 bits per heavy atom. The number of carbonyl (C=O) groups excluding carboxylic acids is 1. The van der Waals surface area contributed by atoms with E-state index in [0.717, 1.165) is 37.0 Å². The molecule has 0 fully saturated rings. The molecule has 0 spiro atoms. The quantitative estimate of drug-likeness (QED) is 0.329. The smallest absolute Gasteiger partial charge is 0.404 e. The lowest BCUT2D eigenvalue weighted by atomic mass is 10.2. The van der Waals surface area contributed by atoms with Crippen molar-refractivity contribution in [3.63, 3.8) is 0 Å². The van der Waals surface area contributed by atoms with Gasteiger partial charge in [0.05, 0.1) is 6.54 Å². The van der Waals surface area contributed by atoms with E-state index < -0.39 is 6.09 Å². The van der Waals surface area contributed by atoms with Crippen molar-refractivity contribution in [2.24, 2.45) is 0 Å². The zero-order valence-corrected chi connectivity index (χ0v) is 16.7. The highest BCUT2D eigenvalue weighted by molar-refractivity contribution is 5.82. The third-order valence-electron chi connectivity index (χ3n) is 4.69. The zero-order valence-electron chi connectivity index (χ0n) is 16.7. The molecule has 8 nitrogen and oxygen atoms in total. The summed E-state index contributed by atoms with van der Waals surface area (Å²) in [6.07, 6.45) is 1.93. The number of hydrogen-bond acceptors (Lipinski definition) is 4. The highest BCUT2D eigenvalue weighted by Gasteiger charge is 2.11. The second kappa shape index (κ2) is 11.3. The number of para-hydroxylation sites is 1. The van der Waals surface area contributed by atoms with Gasteiger partial charge in [-0.05, 0) is 43.8 Å². The molecular formula is C20H31N5O3. The van der Waals surface area contributed by atoms with E-state index in [0.29, 0.717) is 26.1 Å². The van der Waals surface area contributed by atoms with Gasteiger partial charge in [0, 0.05) is 44.3 Å². The minimum Gasteiger partial charge on any atom is -0.465 e. The lowest BCUT2D eigenvalue weighted by molar-refractivity contribution is -0.121. The molecule has 154 valence electrons. The number of aromatic nitrogens is 1. The van der Waals surface area contributed by atoms with Gasteiger partial charge in [0.1, 0.15) is 0 Å². The first kappa shape index (κ1) is 21.7. The standard InChI is InChI=1S/C20H31N5O3/c1-21-24(2)15-17-14-16-8-4-5-9-18(16)25(17)13-10-19(26)22-11-6-3-7-12-23-20(27)28/h4-5,8-9,14,21,23H,3,6-7,10-13,15H2,1-2H3,(H,22,26)(H,27,28). The molecule has 0 aliphatic carbocycles. The lowest BCUT2D eigenvalue weighted by Gasteiger charge is -2.17. The number of aryl methyl sites for hydroxylation is 1. The topological polar surface area (TPSA) is 98.6 Å². The fraction of sp³-hybridized carbons (Fsp3) is 0.500. The number of carboxylic acid groups (broad SMARTS) is 1. The van der Waals surface area contributed by atoms with Crippen LogP contribution in [0.25, 0.3) is 10.9 Å². The van der Waals surface area contributed by atoms with Gasteiger partial charge in [-0.1, -0.05) is 18.2 Å². The molecule has 2 rings (SSSR count). The van der Waals surface area contributed by atoms with Gasteiger partial charge in [-0.3, -0.25) is 10.2 Å². The van der Waals surface area contributed by atoms with Gasteiger partial charge in [0.2, 0.25) is 5.91 Å². The van der Waals surface area contributed by atoms with Crippen LogP contribution in [-0.4, -0.2) is 53.9 Å². The Hall–Kier alpha value is -2.58. The summed E-state index contributed by atoms with van der Waals surface area (Å²) in [5.41, 5.74) is 5.41. The van der Waals surface area contributed by atoms with Gasteiger partial charge in [0.15, 0.2) is 0 Å². The maximum atomic E-state index is 12.2. The second-order valence-electron chi connectivity index (χ2n) is 6.82. The monoisotopic (exact) mass is 389 g/mol. The molecule has 1 aromatic heterocycles.